The molecule has 0 radical (unpaired) electrons. The largest absolute Gasteiger partial charge is 0.467 e. The molecule has 1 fully saturated rings. The number of nitrogens with one attached hydrogen (secondary N) is 1. The summed E-state index contributed by atoms with van der Waals surface area (Å²) < 4.78 is 5.17. The van der Waals surface area contributed by atoms with Crippen molar-refractivity contribution in [3.8, 4) is 0 Å². The van der Waals surface area contributed by atoms with Crippen LogP contribution in [0.5, 0.6) is 0 Å². The summed E-state index contributed by atoms with van der Waals surface area (Å²) in [5.41, 5.74) is -0.357. The van der Waals surface area contributed by atoms with Crippen LogP contribution < -0.4 is 5.32 Å². The molecule has 1 saturated carbocycles. The molecule has 4 nitrogen and oxygen atoms in total. The molecule has 0 aliphatic heterocycles. The molecule has 3 rings (SSSR count). The zero-order chi connectivity index (χ0) is 15.4. The van der Waals surface area contributed by atoms with Gasteiger partial charge in [0.1, 0.15) is 11.9 Å². The summed E-state index contributed by atoms with van der Waals surface area (Å²) >= 11 is 1.66. The highest BCUT2D eigenvalue weighted by atomic mass is 32.1. The fraction of sp³-hybridized carbons (Fsp3) is 0.471. The summed E-state index contributed by atoms with van der Waals surface area (Å²) in [7, 11) is 0. The van der Waals surface area contributed by atoms with E-state index >= 15 is 0 Å². The van der Waals surface area contributed by atoms with Crippen molar-refractivity contribution in [1.29, 1.82) is 0 Å². The minimum Gasteiger partial charge on any atom is -0.467 e. The van der Waals surface area contributed by atoms with Gasteiger partial charge in [-0.15, -0.1) is 11.3 Å². The highest BCUT2D eigenvalue weighted by Gasteiger charge is 2.43. The van der Waals surface area contributed by atoms with Crippen LogP contribution in [-0.2, 0) is 10.2 Å². The number of hydrogen-bond acceptors (Lipinski definition) is 4. The van der Waals surface area contributed by atoms with E-state index < -0.39 is 6.10 Å². The van der Waals surface area contributed by atoms with Gasteiger partial charge in [0.2, 0.25) is 5.91 Å². The minimum atomic E-state index is -0.670. The predicted octanol–water partition coefficient (Wildman–Crippen LogP) is 3.39. The van der Waals surface area contributed by atoms with Crippen LogP contribution in [-0.4, -0.2) is 17.6 Å². The third kappa shape index (κ3) is 2.96. The number of aliphatic hydroxyl groups is 1. The summed E-state index contributed by atoms with van der Waals surface area (Å²) in [5.74, 6) is 0.641. The Morgan fingerprint density at radius 2 is 2.18 bits per heavy atom. The molecule has 0 bridgehead atoms. The van der Waals surface area contributed by atoms with Gasteiger partial charge in [-0.1, -0.05) is 18.9 Å². The van der Waals surface area contributed by atoms with E-state index in [4.69, 9.17) is 4.42 Å². The second-order valence-electron chi connectivity index (χ2n) is 5.84. The fourth-order valence-electron chi connectivity index (χ4n) is 3.23. The number of aliphatic hydroxyl groups excluding tert-OH is 1. The van der Waals surface area contributed by atoms with Crippen LogP contribution >= 0.6 is 11.3 Å². The van der Waals surface area contributed by atoms with Crippen LogP contribution in [0.25, 0.3) is 0 Å². The molecular weight excluding hydrogens is 298 g/mol. The van der Waals surface area contributed by atoms with Crippen molar-refractivity contribution < 1.29 is 14.3 Å². The number of carbonyl (C=O) groups is 1. The van der Waals surface area contributed by atoms with Crippen LogP contribution in [0.15, 0.2) is 40.3 Å². The van der Waals surface area contributed by atoms with Gasteiger partial charge >= 0.3 is 0 Å². The molecule has 0 spiro atoms. The molecule has 0 aromatic carbocycles. The second kappa shape index (κ2) is 6.67. The molecular formula is C17H21NO3S. The van der Waals surface area contributed by atoms with Crippen molar-refractivity contribution in [2.75, 3.05) is 6.54 Å². The monoisotopic (exact) mass is 319 g/mol. The number of furan rings is 1. The first-order valence-electron chi connectivity index (χ1n) is 7.76. The van der Waals surface area contributed by atoms with Crippen molar-refractivity contribution in [1.82, 2.24) is 5.32 Å². The standard InChI is InChI=1S/C17H21NO3S/c19-13(14-5-3-11-21-14)7-10-18-16(20)17(8-1-2-9-17)15-6-4-12-22-15/h3-6,11-13,19H,1-2,7-10H2,(H,18,20)/t13-/m0/s1. The zero-order valence-corrected chi connectivity index (χ0v) is 13.3. The van der Waals surface area contributed by atoms with Crippen LogP contribution in [0, 0.1) is 0 Å². The fourth-order valence-corrected chi connectivity index (χ4v) is 4.21. The van der Waals surface area contributed by atoms with Gasteiger partial charge in [-0.2, -0.15) is 0 Å². The smallest absolute Gasteiger partial charge is 0.231 e. The van der Waals surface area contributed by atoms with Gasteiger partial charge in [-0.3, -0.25) is 4.79 Å². The van der Waals surface area contributed by atoms with Crippen LogP contribution in [0.3, 0.4) is 0 Å². The maximum absolute atomic E-state index is 12.7. The first kappa shape index (κ1) is 15.3. The summed E-state index contributed by atoms with van der Waals surface area (Å²) in [6, 6.07) is 7.57. The van der Waals surface area contributed by atoms with Gasteiger partial charge in [-0.25, -0.2) is 0 Å². The van der Waals surface area contributed by atoms with Gasteiger partial charge in [0.25, 0.3) is 0 Å². The molecule has 2 heterocycles. The first-order valence-corrected chi connectivity index (χ1v) is 8.64. The Bertz CT molecular complexity index is 585. The molecule has 1 aliphatic carbocycles. The molecule has 1 amide bonds. The average Bonchev–Trinajstić information content (AvgIpc) is 3.27. The Morgan fingerprint density at radius 3 is 2.82 bits per heavy atom. The topological polar surface area (TPSA) is 62.5 Å². The highest BCUT2D eigenvalue weighted by molar-refractivity contribution is 7.10. The van der Waals surface area contributed by atoms with Gasteiger partial charge in [0.05, 0.1) is 11.7 Å². The van der Waals surface area contributed by atoms with Gasteiger partial charge in [0.15, 0.2) is 0 Å². The van der Waals surface area contributed by atoms with Crippen molar-refractivity contribution in [2.45, 2.75) is 43.6 Å². The Kier molecular flexibility index (Phi) is 4.64. The van der Waals surface area contributed by atoms with Gasteiger partial charge in [0, 0.05) is 11.4 Å². The Labute approximate surface area is 134 Å². The molecule has 2 aromatic heterocycles. The molecule has 2 aromatic rings. The van der Waals surface area contributed by atoms with Crippen LogP contribution in [0.4, 0.5) is 0 Å². The molecule has 22 heavy (non-hydrogen) atoms. The molecule has 0 unspecified atom stereocenters. The van der Waals surface area contributed by atoms with E-state index in [1.54, 1.807) is 29.7 Å². The Balaban J connectivity index is 1.59. The lowest BCUT2D eigenvalue weighted by atomic mass is 9.83. The molecule has 0 saturated heterocycles. The Morgan fingerprint density at radius 1 is 1.36 bits per heavy atom. The van der Waals surface area contributed by atoms with E-state index in [0.717, 1.165) is 30.6 Å². The maximum atomic E-state index is 12.7. The second-order valence-corrected chi connectivity index (χ2v) is 6.79. The molecule has 5 heteroatoms. The van der Waals surface area contributed by atoms with E-state index in [9.17, 15) is 9.90 Å². The van der Waals surface area contributed by atoms with Crippen LogP contribution in [0.2, 0.25) is 0 Å². The summed E-state index contributed by atoms with van der Waals surface area (Å²) in [4.78, 5) is 13.9. The minimum absolute atomic E-state index is 0.0964. The van der Waals surface area contributed by atoms with Crippen molar-refractivity contribution in [2.24, 2.45) is 0 Å². The lowest BCUT2D eigenvalue weighted by molar-refractivity contribution is -0.126. The number of amides is 1. The van der Waals surface area contributed by atoms with E-state index in [1.807, 2.05) is 11.4 Å². The average molecular weight is 319 g/mol. The van der Waals surface area contributed by atoms with E-state index in [1.165, 1.54) is 0 Å². The molecule has 118 valence electrons. The number of rotatable bonds is 6. The van der Waals surface area contributed by atoms with E-state index in [2.05, 4.69) is 11.4 Å². The van der Waals surface area contributed by atoms with Gasteiger partial charge in [-0.05, 0) is 42.8 Å². The molecule has 1 aliphatic rings. The van der Waals surface area contributed by atoms with Crippen molar-refractivity contribution in [3.63, 3.8) is 0 Å². The normalized spacial score (nSPS) is 18.2. The lowest BCUT2D eigenvalue weighted by Crippen LogP contribution is -2.42. The zero-order valence-electron chi connectivity index (χ0n) is 12.5. The van der Waals surface area contributed by atoms with Crippen molar-refractivity contribution in [3.05, 3.63) is 46.5 Å². The van der Waals surface area contributed by atoms with Crippen molar-refractivity contribution >= 4 is 17.2 Å². The number of thiophene rings is 1. The maximum Gasteiger partial charge on any atom is 0.231 e. The van der Waals surface area contributed by atoms with Gasteiger partial charge < -0.3 is 14.8 Å². The van der Waals surface area contributed by atoms with E-state index in [-0.39, 0.29) is 11.3 Å². The third-order valence-corrected chi connectivity index (χ3v) is 5.53. The highest BCUT2D eigenvalue weighted by Crippen LogP contribution is 2.43. The quantitative estimate of drug-likeness (QED) is 0.858. The molecule has 2 N–H and O–H groups in total. The first-order chi connectivity index (χ1) is 10.7. The Hall–Kier alpha value is -1.59. The molecule has 1 atom stereocenters. The summed E-state index contributed by atoms with van der Waals surface area (Å²) in [6.45, 7) is 0.452. The SMILES string of the molecule is O=C(NCC[C@H](O)c1ccco1)C1(c2cccs2)CCCC1. The van der Waals surface area contributed by atoms with Crippen LogP contribution in [0.1, 0.15) is 48.8 Å². The summed E-state index contributed by atoms with van der Waals surface area (Å²) in [5, 5.41) is 15.0. The lowest BCUT2D eigenvalue weighted by Gasteiger charge is -2.26. The third-order valence-electron chi connectivity index (χ3n) is 4.46. The summed E-state index contributed by atoms with van der Waals surface area (Å²) in [6.07, 6.45) is 5.36. The number of hydrogen-bond donors (Lipinski definition) is 2. The predicted molar refractivity (Wildman–Crippen MR) is 85.8 cm³/mol. The van der Waals surface area contributed by atoms with E-state index in [0.29, 0.717) is 18.7 Å². The number of carbonyl (C=O) groups excluding carboxylic acids is 1.